The highest BCUT2D eigenvalue weighted by molar-refractivity contribution is 5.78. The molecule has 10 heteroatoms. The fraction of sp³-hybridized carbons (Fsp3) is 0.773. The summed E-state index contributed by atoms with van der Waals surface area (Å²) in [7, 11) is 0. The number of piperazine rings is 1. The molecule has 0 spiro atoms. The molecule has 1 aliphatic carbocycles. The summed E-state index contributed by atoms with van der Waals surface area (Å²) in [4.78, 5) is 44.7. The van der Waals surface area contributed by atoms with Crippen LogP contribution in [0.5, 0.6) is 0 Å². The van der Waals surface area contributed by atoms with Crippen molar-refractivity contribution in [1.82, 2.24) is 30.6 Å². The minimum Gasteiger partial charge on any atom is -0.355 e. The molecule has 1 aromatic heterocycles. The number of aromatic nitrogens is 2. The van der Waals surface area contributed by atoms with E-state index in [-0.39, 0.29) is 17.7 Å². The highest BCUT2D eigenvalue weighted by Crippen LogP contribution is 2.34. The van der Waals surface area contributed by atoms with Gasteiger partial charge in [-0.1, -0.05) is 30.8 Å². The molecular weight excluding hydrogens is 412 g/mol. The molecule has 0 radical (unpaired) electrons. The number of carbonyl (C=O) groups excluding carboxylic acids is 3. The van der Waals surface area contributed by atoms with E-state index < -0.39 is 5.54 Å². The molecule has 2 heterocycles. The maximum Gasteiger partial charge on any atom is 0.234 e. The third kappa shape index (κ3) is 6.51. The van der Waals surface area contributed by atoms with Crippen molar-refractivity contribution in [3.05, 3.63) is 11.7 Å². The van der Waals surface area contributed by atoms with E-state index in [4.69, 9.17) is 4.52 Å². The lowest BCUT2D eigenvalue weighted by Crippen LogP contribution is -2.51. The van der Waals surface area contributed by atoms with Crippen molar-refractivity contribution in [3.8, 4) is 0 Å². The smallest absolute Gasteiger partial charge is 0.234 e. The Hall–Kier alpha value is -2.49. The van der Waals surface area contributed by atoms with E-state index in [0.717, 1.165) is 38.5 Å². The first-order valence-corrected chi connectivity index (χ1v) is 11.8. The van der Waals surface area contributed by atoms with Gasteiger partial charge in [-0.25, -0.2) is 0 Å². The third-order valence-corrected chi connectivity index (χ3v) is 6.29. The standard InChI is InChI=1S/C22H36N6O4/c1-3-23-18(30)16-27-12-14-28(15-13-27)20(31)9-8-19-24-21(26-32-19)22(25-17(2)29)10-6-4-5-7-11-22/h3-16H2,1-2H3,(H,23,30)(H,25,29). The Balaban J connectivity index is 1.51. The van der Waals surface area contributed by atoms with E-state index in [1.54, 1.807) is 0 Å². The fourth-order valence-electron chi connectivity index (χ4n) is 4.61. The molecule has 10 nitrogen and oxygen atoms in total. The van der Waals surface area contributed by atoms with Gasteiger partial charge in [0, 0.05) is 52.5 Å². The summed E-state index contributed by atoms with van der Waals surface area (Å²) in [6.45, 7) is 7.01. The van der Waals surface area contributed by atoms with Crippen molar-refractivity contribution in [1.29, 1.82) is 0 Å². The number of nitrogens with zero attached hydrogens (tertiary/aromatic N) is 4. The van der Waals surface area contributed by atoms with Crippen molar-refractivity contribution in [3.63, 3.8) is 0 Å². The zero-order valence-corrected chi connectivity index (χ0v) is 19.3. The van der Waals surface area contributed by atoms with Crippen molar-refractivity contribution in [2.45, 2.75) is 70.8 Å². The fourth-order valence-corrected chi connectivity index (χ4v) is 4.61. The van der Waals surface area contributed by atoms with Crippen molar-refractivity contribution >= 4 is 17.7 Å². The Morgan fingerprint density at radius 3 is 2.38 bits per heavy atom. The molecule has 32 heavy (non-hydrogen) atoms. The predicted octanol–water partition coefficient (Wildman–Crippen LogP) is 0.968. The number of amides is 3. The molecule has 1 saturated heterocycles. The first-order chi connectivity index (χ1) is 15.4. The number of nitrogens with one attached hydrogen (secondary N) is 2. The van der Waals surface area contributed by atoms with Gasteiger partial charge >= 0.3 is 0 Å². The lowest BCUT2D eigenvalue weighted by Gasteiger charge is -2.34. The maximum atomic E-state index is 12.6. The molecule has 2 aliphatic rings. The van der Waals surface area contributed by atoms with E-state index in [1.165, 1.54) is 6.92 Å². The normalized spacial score (nSPS) is 19.2. The molecule has 0 unspecified atom stereocenters. The monoisotopic (exact) mass is 448 g/mol. The quantitative estimate of drug-likeness (QED) is 0.569. The summed E-state index contributed by atoms with van der Waals surface area (Å²) in [5.41, 5.74) is -0.575. The average molecular weight is 449 g/mol. The van der Waals surface area contributed by atoms with Crippen LogP contribution in [-0.2, 0) is 26.3 Å². The molecule has 0 bridgehead atoms. The van der Waals surface area contributed by atoms with Crippen molar-refractivity contribution in [2.24, 2.45) is 0 Å². The molecule has 0 atom stereocenters. The van der Waals surface area contributed by atoms with Crippen LogP contribution in [-0.4, -0.2) is 76.9 Å². The Morgan fingerprint density at radius 1 is 1.06 bits per heavy atom. The summed E-state index contributed by atoms with van der Waals surface area (Å²) >= 11 is 0. The van der Waals surface area contributed by atoms with Crippen LogP contribution >= 0.6 is 0 Å². The molecule has 1 aromatic rings. The average Bonchev–Trinajstić information content (AvgIpc) is 3.12. The number of aryl methyl sites for hydroxylation is 1. The molecule has 1 aliphatic heterocycles. The molecule has 1 saturated carbocycles. The van der Waals surface area contributed by atoms with E-state index in [1.807, 2.05) is 11.8 Å². The molecule has 0 aromatic carbocycles. The van der Waals surface area contributed by atoms with Gasteiger partial charge in [-0.15, -0.1) is 0 Å². The van der Waals surface area contributed by atoms with Crippen LogP contribution in [0, 0.1) is 0 Å². The number of hydrogen-bond donors (Lipinski definition) is 2. The number of likely N-dealkylation sites (N-methyl/N-ethyl adjacent to an activating group) is 1. The molecule has 2 fully saturated rings. The van der Waals surface area contributed by atoms with E-state index >= 15 is 0 Å². The molecule has 178 valence electrons. The van der Waals surface area contributed by atoms with E-state index in [0.29, 0.717) is 63.8 Å². The minimum absolute atomic E-state index is 0.0187. The first kappa shape index (κ1) is 24.2. The molecule has 2 N–H and O–H groups in total. The second kappa shape index (κ2) is 11.4. The number of hydrogen-bond acceptors (Lipinski definition) is 7. The summed E-state index contributed by atoms with van der Waals surface area (Å²) < 4.78 is 5.45. The Bertz CT molecular complexity index is 779. The van der Waals surface area contributed by atoms with Gasteiger partial charge in [0.2, 0.25) is 23.6 Å². The zero-order chi connectivity index (χ0) is 23.0. The van der Waals surface area contributed by atoms with Crippen LogP contribution in [0.15, 0.2) is 4.52 Å². The molecule has 3 rings (SSSR count). The highest BCUT2D eigenvalue weighted by Gasteiger charge is 2.38. The second-order valence-corrected chi connectivity index (χ2v) is 8.80. The summed E-state index contributed by atoms with van der Waals surface area (Å²) in [5.74, 6) is 0.923. The van der Waals surface area contributed by atoms with Gasteiger partial charge in [0.05, 0.1) is 6.54 Å². The van der Waals surface area contributed by atoms with Gasteiger partial charge in [0.25, 0.3) is 0 Å². The van der Waals surface area contributed by atoms with Crippen LogP contribution in [0.1, 0.15) is 70.5 Å². The molecule has 3 amide bonds. The second-order valence-electron chi connectivity index (χ2n) is 8.80. The lowest BCUT2D eigenvalue weighted by molar-refractivity contribution is -0.133. The highest BCUT2D eigenvalue weighted by atomic mass is 16.5. The minimum atomic E-state index is -0.575. The first-order valence-electron chi connectivity index (χ1n) is 11.8. The van der Waals surface area contributed by atoms with Gasteiger partial charge in [-0.3, -0.25) is 19.3 Å². The largest absolute Gasteiger partial charge is 0.355 e. The Kier molecular flexibility index (Phi) is 8.60. The van der Waals surface area contributed by atoms with Gasteiger partial charge in [-0.05, 0) is 19.8 Å². The van der Waals surface area contributed by atoms with Crippen LogP contribution in [0.2, 0.25) is 0 Å². The van der Waals surface area contributed by atoms with E-state index in [2.05, 4.69) is 25.7 Å². The summed E-state index contributed by atoms with van der Waals surface area (Å²) in [5, 5.41) is 10.1. The SMILES string of the molecule is CCNC(=O)CN1CCN(C(=O)CCc2nc(C3(NC(C)=O)CCCCCC3)no2)CC1. The van der Waals surface area contributed by atoms with Gasteiger partial charge in [0.15, 0.2) is 5.82 Å². The van der Waals surface area contributed by atoms with Gasteiger partial charge in [-0.2, -0.15) is 4.98 Å². The van der Waals surface area contributed by atoms with Crippen LogP contribution in [0.3, 0.4) is 0 Å². The lowest BCUT2D eigenvalue weighted by atomic mass is 9.89. The van der Waals surface area contributed by atoms with E-state index in [9.17, 15) is 14.4 Å². The van der Waals surface area contributed by atoms with Crippen molar-refractivity contribution in [2.75, 3.05) is 39.3 Å². The predicted molar refractivity (Wildman–Crippen MR) is 118 cm³/mol. The summed E-state index contributed by atoms with van der Waals surface area (Å²) in [6.07, 6.45) is 6.56. The maximum absolute atomic E-state index is 12.6. The van der Waals surface area contributed by atoms with Gasteiger partial charge < -0.3 is 20.1 Å². The Labute approximate surface area is 189 Å². The van der Waals surface area contributed by atoms with Crippen LogP contribution in [0.25, 0.3) is 0 Å². The van der Waals surface area contributed by atoms with Gasteiger partial charge in [0.1, 0.15) is 5.54 Å². The van der Waals surface area contributed by atoms with Crippen LogP contribution in [0.4, 0.5) is 0 Å². The molecular formula is C22H36N6O4. The number of rotatable bonds is 8. The van der Waals surface area contributed by atoms with Crippen LogP contribution < -0.4 is 10.6 Å². The summed E-state index contributed by atoms with van der Waals surface area (Å²) in [6, 6.07) is 0. The number of carbonyl (C=O) groups is 3. The zero-order valence-electron chi connectivity index (χ0n) is 19.3. The Morgan fingerprint density at radius 2 is 1.75 bits per heavy atom. The third-order valence-electron chi connectivity index (χ3n) is 6.29. The topological polar surface area (TPSA) is 121 Å². The van der Waals surface area contributed by atoms with Crippen molar-refractivity contribution < 1.29 is 18.9 Å².